The molecule has 0 bridgehead atoms. The number of rotatable bonds is 13. The van der Waals surface area contributed by atoms with Gasteiger partial charge in [-0.15, -0.1) is 0 Å². The van der Waals surface area contributed by atoms with Gasteiger partial charge in [-0.25, -0.2) is 0 Å². The fourth-order valence-electron chi connectivity index (χ4n) is 13.7. The summed E-state index contributed by atoms with van der Waals surface area (Å²) in [6.45, 7) is 23.2. The number of piperidine rings is 1. The van der Waals surface area contributed by atoms with Gasteiger partial charge >= 0.3 is 0 Å². The number of hydrogen-bond acceptors (Lipinski definition) is 14. The monoisotopic (exact) mass is 1330 g/mol. The van der Waals surface area contributed by atoms with E-state index in [2.05, 4.69) is 21.3 Å². The second kappa shape index (κ2) is 38.3. The maximum Gasteiger partial charge on any atom is 0.245 e. The summed E-state index contributed by atoms with van der Waals surface area (Å²) in [5.74, 6) is -14.7. The van der Waals surface area contributed by atoms with Crippen LogP contribution in [0.1, 0.15) is 192 Å². The van der Waals surface area contributed by atoms with Gasteiger partial charge in [0, 0.05) is 96.1 Å². The lowest BCUT2D eigenvalue weighted by Gasteiger charge is -2.34. The third-order valence-corrected chi connectivity index (χ3v) is 19.9. The molecule has 95 heavy (non-hydrogen) atoms. The van der Waals surface area contributed by atoms with E-state index in [1.807, 2.05) is 85.7 Å². The van der Waals surface area contributed by atoms with Gasteiger partial charge in [0.15, 0.2) is 28.9 Å². The summed E-state index contributed by atoms with van der Waals surface area (Å²) < 4.78 is 0. The lowest BCUT2D eigenvalue weighted by molar-refractivity contribution is -0.146. The Balaban J connectivity index is 1.80. The third kappa shape index (κ3) is 24.1. The van der Waals surface area contributed by atoms with Gasteiger partial charge in [-0.1, -0.05) is 112 Å². The summed E-state index contributed by atoms with van der Waals surface area (Å²) in [7, 11) is 4.44. The first kappa shape index (κ1) is 80.7. The number of ketones is 5. The lowest BCUT2D eigenvalue weighted by atomic mass is 9.83. The molecule has 22 nitrogen and oxygen atoms in total. The second-order valence-corrected chi connectivity index (χ2v) is 29.5. The van der Waals surface area contributed by atoms with Gasteiger partial charge in [0.05, 0.1) is 55.1 Å². The summed E-state index contributed by atoms with van der Waals surface area (Å²) >= 11 is 0. The number of nitrogens with zero attached hydrogens (tertiary/aromatic N) is 4. The Morgan fingerprint density at radius 1 is 0.579 bits per heavy atom. The molecule has 22 heteroatoms. The van der Waals surface area contributed by atoms with Crippen LogP contribution in [0.25, 0.3) is 0 Å². The number of fused-ring (bicyclic) bond motifs is 1. The minimum Gasteiger partial charge on any atom is -0.393 e. The minimum atomic E-state index is -1.41. The van der Waals surface area contributed by atoms with Crippen LogP contribution in [0.15, 0.2) is 30.3 Å². The SMILES string of the molecule is CC[C@H](C)[C@@H]1CNC(=O)[C@@H]2CCCC2C(=O)[C@H](CC(C)C)N(C)C(=O)[C@H](Cc2ccccc2)CC(=O)[C@H](CC(C)C)NC(=O)[C@H]([C@@H](C)O)CC(=O)[C@H](C)N(C)C(=O)[C@H](C(C)C)CC(=O)[C@H](C)NC(=O)C[C@@H](C(=O)N2CCCCC2)NC(=O)[C@H](CC(C)C)CC(=O)CN(C)C1=O. The van der Waals surface area contributed by atoms with Crippen molar-refractivity contribution in [2.45, 2.75) is 229 Å². The third-order valence-electron chi connectivity index (χ3n) is 19.9. The van der Waals surface area contributed by atoms with Crippen molar-refractivity contribution >= 4 is 76.2 Å². The molecule has 8 amide bonds. The van der Waals surface area contributed by atoms with Crippen LogP contribution in [-0.4, -0.2) is 185 Å². The van der Waals surface area contributed by atoms with Crippen molar-refractivity contribution < 1.29 is 67.4 Å². The molecule has 1 aliphatic carbocycles. The van der Waals surface area contributed by atoms with Gasteiger partial charge < -0.3 is 46.0 Å². The zero-order chi connectivity index (χ0) is 71.3. The molecule has 4 rings (SSSR count). The summed E-state index contributed by atoms with van der Waals surface area (Å²) in [6, 6.07) is 3.24. The molecule has 1 aromatic carbocycles. The Labute approximate surface area is 565 Å². The number of hydrogen-bond donors (Lipinski definition) is 5. The summed E-state index contributed by atoms with van der Waals surface area (Å²) in [4.78, 5) is 194. The van der Waals surface area contributed by atoms with Crippen molar-refractivity contribution in [3.8, 4) is 0 Å². The molecule has 1 unspecified atom stereocenters. The van der Waals surface area contributed by atoms with Gasteiger partial charge in [-0.3, -0.25) is 62.3 Å². The lowest BCUT2D eigenvalue weighted by Crippen LogP contribution is -2.54. The highest BCUT2D eigenvalue weighted by molar-refractivity contribution is 6.00. The van der Waals surface area contributed by atoms with Gasteiger partial charge in [0.1, 0.15) is 6.04 Å². The molecule has 2 aliphatic heterocycles. The fourth-order valence-corrected chi connectivity index (χ4v) is 13.7. The summed E-state index contributed by atoms with van der Waals surface area (Å²) in [6.07, 6.45) is 1.37. The van der Waals surface area contributed by atoms with Crippen LogP contribution in [0, 0.1) is 71.0 Å². The number of aliphatic hydroxyl groups is 1. The molecule has 3 aliphatic rings. The average molecular weight is 1330 g/mol. The van der Waals surface area contributed by atoms with Crippen molar-refractivity contribution in [3.63, 3.8) is 0 Å². The first-order valence-electron chi connectivity index (χ1n) is 35.2. The zero-order valence-corrected chi connectivity index (χ0v) is 60.0. The Bertz CT molecular complexity index is 2820. The van der Waals surface area contributed by atoms with Crippen molar-refractivity contribution in [1.29, 1.82) is 0 Å². The molecular weight excluding hydrogens is 1210 g/mol. The van der Waals surface area contributed by atoms with Gasteiger partial charge in [0.25, 0.3) is 0 Å². The molecule has 0 spiro atoms. The van der Waals surface area contributed by atoms with E-state index in [9.17, 15) is 57.8 Å². The maximum atomic E-state index is 15.2. The van der Waals surface area contributed by atoms with E-state index in [4.69, 9.17) is 0 Å². The highest BCUT2D eigenvalue weighted by atomic mass is 16.3. The van der Waals surface area contributed by atoms with Crippen LogP contribution in [0.2, 0.25) is 0 Å². The van der Waals surface area contributed by atoms with Crippen LogP contribution in [-0.2, 0) is 68.7 Å². The number of carbonyl (C=O) groups excluding carboxylic acids is 13. The van der Waals surface area contributed by atoms with E-state index >= 15 is 9.59 Å². The number of likely N-dealkylation sites (N-methyl/N-ethyl adjacent to an activating group) is 3. The number of nitrogens with one attached hydrogen (secondary N) is 4. The predicted molar refractivity (Wildman–Crippen MR) is 362 cm³/mol. The molecule has 5 N–H and O–H groups in total. The van der Waals surface area contributed by atoms with E-state index in [0.29, 0.717) is 51.6 Å². The Morgan fingerprint density at radius 3 is 1.76 bits per heavy atom. The molecule has 0 radical (unpaired) electrons. The molecular formula is C73H116N8O14. The van der Waals surface area contributed by atoms with Crippen LogP contribution < -0.4 is 21.3 Å². The van der Waals surface area contributed by atoms with E-state index < -0.39 is 167 Å². The molecule has 2 heterocycles. The average Bonchev–Trinajstić information content (AvgIpc) is 1.80. The van der Waals surface area contributed by atoms with E-state index in [1.54, 1.807) is 25.8 Å². The van der Waals surface area contributed by atoms with E-state index in [0.717, 1.165) is 12.0 Å². The zero-order valence-electron chi connectivity index (χ0n) is 60.0. The van der Waals surface area contributed by atoms with Gasteiger partial charge in [0.2, 0.25) is 47.3 Å². The van der Waals surface area contributed by atoms with Crippen molar-refractivity contribution in [2.24, 2.45) is 71.0 Å². The number of benzene rings is 1. The maximum absolute atomic E-state index is 15.2. The molecule has 532 valence electrons. The quantitative estimate of drug-likeness (QED) is 0.141. The molecule has 1 saturated carbocycles. The van der Waals surface area contributed by atoms with Crippen LogP contribution in [0.5, 0.6) is 0 Å². The first-order chi connectivity index (χ1) is 44.6. The Morgan fingerprint density at radius 2 is 1.18 bits per heavy atom. The molecule has 2 saturated heterocycles. The molecule has 14 atom stereocenters. The molecule has 1 aromatic rings. The van der Waals surface area contributed by atoms with Gasteiger partial charge in [-0.05, 0) is 114 Å². The predicted octanol–water partition coefficient (Wildman–Crippen LogP) is 6.49. The highest BCUT2D eigenvalue weighted by Crippen LogP contribution is 2.36. The Hall–Kier alpha value is -6.71. The summed E-state index contributed by atoms with van der Waals surface area (Å²) in [5, 5.41) is 22.4. The topological polar surface area (TPSA) is 303 Å². The fraction of sp³-hybridized carbons (Fsp3) is 0.740. The number of amides is 8. The van der Waals surface area contributed by atoms with Crippen molar-refractivity contribution in [2.75, 3.05) is 47.3 Å². The number of likely N-dealkylation sites (tertiary alicyclic amines) is 1. The summed E-state index contributed by atoms with van der Waals surface area (Å²) in [5.41, 5.74) is 0.744. The largest absolute Gasteiger partial charge is 0.393 e. The van der Waals surface area contributed by atoms with Crippen LogP contribution in [0.4, 0.5) is 0 Å². The molecule has 3 fully saturated rings. The van der Waals surface area contributed by atoms with E-state index in [-0.39, 0.29) is 87.5 Å². The highest BCUT2D eigenvalue weighted by Gasteiger charge is 2.45. The van der Waals surface area contributed by atoms with Crippen molar-refractivity contribution in [1.82, 2.24) is 40.9 Å². The Kier molecular flexibility index (Phi) is 32.5. The standard InChI is InChI=1S/C73H116N8O14/c1-17-46(10)58-40-74-68(90)55-28-24-27-54(55)66(88)61(33-44(6)7)80(16)70(92)52(34-50-25-20-18-21-26-50)36-64(86)59(32-43(4)5)76-69(91)57(49(13)82)38-63(85)48(12)79(15)72(94)56(45(8)9)37-62(84)47(11)75-65(87)39-60(73(95)81-29-22-19-23-30-81)77-67(89)51(31-42(2)3)35-53(83)41-78(14)71(58)93/h18,20-21,25-26,42-49,51-52,54-61,82H,17,19,22-24,27-41H2,1-16H3,(H,74,90)(H,75,87)(H,76,91)(H,77,89)/t46-,47-,48-,49+,51+,52+,54?,55+,56-,57-,58-,59-,60-,61-/m0/s1. The van der Waals surface area contributed by atoms with E-state index in [1.165, 1.54) is 49.6 Å². The van der Waals surface area contributed by atoms with Crippen LogP contribution in [0.3, 0.4) is 0 Å². The van der Waals surface area contributed by atoms with Crippen molar-refractivity contribution in [3.05, 3.63) is 35.9 Å². The second-order valence-electron chi connectivity index (χ2n) is 29.5. The normalized spacial score (nSPS) is 28.7. The van der Waals surface area contributed by atoms with Crippen LogP contribution >= 0.6 is 0 Å². The molecule has 0 aromatic heterocycles. The number of aliphatic hydroxyl groups excluding tert-OH is 1. The number of carbonyl (C=O) groups is 13. The number of Topliss-reactive ketones (excluding diaryl/α,β-unsaturated/α-hetero) is 5. The first-order valence-corrected chi connectivity index (χ1v) is 35.2. The smallest absolute Gasteiger partial charge is 0.245 e. The van der Waals surface area contributed by atoms with Gasteiger partial charge in [-0.2, -0.15) is 0 Å². The minimum absolute atomic E-state index is 0.0902.